The predicted octanol–water partition coefficient (Wildman–Crippen LogP) is 1.37. The molecule has 3 rings (SSSR count). The van der Waals surface area contributed by atoms with Gasteiger partial charge in [0.15, 0.2) is 0 Å². The van der Waals surface area contributed by atoms with Crippen LogP contribution in [0, 0.1) is 5.92 Å². The number of nitrogens with one attached hydrogen (secondary N) is 2. The highest BCUT2D eigenvalue weighted by atomic mass is 15.1. The van der Waals surface area contributed by atoms with Gasteiger partial charge in [-0.1, -0.05) is 0 Å². The smallest absolute Gasteiger partial charge is 0.106 e. The van der Waals surface area contributed by atoms with Gasteiger partial charge in [0.25, 0.3) is 0 Å². The maximum absolute atomic E-state index is 4.58. The third-order valence-electron chi connectivity index (χ3n) is 4.36. The third-order valence-corrected chi connectivity index (χ3v) is 4.36. The quantitative estimate of drug-likeness (QED) is 0.849. The Bertz CT molecular complexity index is 381. The van der Waals surface area contributed by atoms with Crippen LogP contribution in [-0.4, -0.2) is 48.1 Å². The molecule has 0 amide bonds. The fourth-order valence-electron chi connectivity index (χ4n) is 3.25. The molecular formula is C14H24N4. The van der Waals surface area contributed by atoms with Crippen molar-refractivity contribution >= 4 is 0 Å². The second-order valence-electron chi connectivity index (χ2n) is 5.95. The lowest BCUT2D eigenvalue weighted by atomic mass is 9.96. The Morgan fingerprint density at radius 1 is 1.44 bits per heavy atom. The number of aromatic amines is 1. The number of hydrogen-bond acceptors (Lipinski definition) is 3. The molecule has 4 heteroatoms. The summed E-state index contributed by atoms with van der Waals surface area (Å²) in [5, 5.41) is 3.47. The van der Waals surface area contributed by atoms with Gasteiger partial charge in [-0.15, -0.1) is 0 Å². The van der Waals surface area contributed by atoms with Crippen molar-refractivity contribution in [1.82, 2.24) is 20.2 Å². The van der Waals surface area contributed by atoms with Crippen LogP contribution in [0.1, 0.15) is 36.7 Å². The van der Waals surface area contributed by atoms with Crippen molar-refractivity contribution in [2.45, 2.75) is 31.6 Å². The van der Waals surface area contributed by atoms with Crippen LogP contribution in [-0.2, 0) is 6.42 Å². The van der Waals surface area contributed by atoms with Crippen LogP contribution in [0.15, 0.2) is 6.20 Å². The Balaban J connectivity index is 1.59. The molecule has 2 saturated heterocycles. The summed E-state index contributed by atoms with van der Waals surface area (Å²) in [6.07, 6.45) is 7.09. The normalized spacial score (nSPS) is 29.8. The van der Waals surface area contributed by atoms with Gasteiger partial charge in [-0.3, -0.25) is 0 Å². The van der Waals surface area contributed by atoms with E-state index in [0.717, 1.165) is 18.9 Å². The number of aromatic nitrogens is 2. The van der Waals surface area contributed by atoms with E-state index in [-0.39, 0.29) is 0 Å². The van der Waals surface area contributed by atoms with Crippen LogP contribution in [0.25, 0.3) is 0 Å². The topological polar surface area (TPSA) is 44.0 Å². The average Bonchev–Trinajstić information content (AvgIpc) is 2.99. The van der Waals surface area contributed by atoms with E-state index in [0.29, 0.717) is 5.92 Å². The molecule has 2 fully saturated rings. The number of imidazole rings is 1. The Morgan fingerprint density at radius 3 is 3.11 bits per heavy atom. The van der Waals surface area contributed by atoms with Crippen molar-refractivity contribution in [3.63, 3.8) is 0 Å². The Kier molecular flexibility index (Phi) is 3.66. The highest BCUT2D eigenvalue weighted by Gasteiger charge is 2.23. The number of nitrogens with zero attached hydrogens (tertiary/aromatic N) is 2. The van der Waals surface area contributed by atoms with Gasteiger partial charge in [-0.05, 0) is 51.9 Å². The molecule has 100 valence electrons. The molecule has 0 spiro atoms. The van der Waals surface area contributed by atoms with Gasteiger partial charge in [0.2, 0.25) is 0 Å². The second-order valence-corrected chi connectivity index (χ2v) is 5.95. The van der Waals surface area contributed by atoms with Gasteiger partial charge >= 0.3 is 0 Å². The molecule has 0 bridgehead atoms. The van der Waals surface area contributed by atoms with Crippen LogP contribution in [0.5, 0.6) is 0 Å². The number of piperidine rings is 1. The summed E-state index contributed by atoms with van der Waals surface area (Å²) in [6, 6.07) is 0. The van der Waals surface area contributed by atoms with Crippen LogP contribution < -0.4 is 5.32 Å². The zero-order valence-corrected chi connectivity index (χ0v) is 11.3. The zero-order chi connectivity index (χ0) is 12.4. The van der Waals surface area contributed by atoms with E-state index >= 15 is 0 Å². The highest BCUT2D eigenvalue weighted by molar-refractivity contribution is 5.10. The minimum atomic E-state index is 0.667. The Morgan fingerprint density at radius 2 is 2.39 bits per heavy atom. The maximum atomic E-state index is 4.58. The van der Waals surface area contributed by atoms with Crippen molar-refractivity contribution in [2.75, 3.05) is 33.2 Å². The minimum absolute atomic E-state index is 0.667. The fraction of sp³-hybridized carbons (Fsp3) is 0.786. The van der Waals surface area contributed by atoms with E-state index in [9.17, 15) is 0 Å². The fourth-order valence-corrected chi connectivity index (χ4v) is 3.25. The Labute approximate surface area is 109 Å². The standard InChI is InChI=1S/C14H24N4/c1-18-6-4-12(10-18)13-9-16-14(17-13)7-11-3-2-5-15-8-11/h9,11-12,15H,2-8,10H2,1H3,(H,16,17). The highest BCUT2D eigenvalue weighted by Crippen LogP contribution is 2.25. The first-order chi connectivity index (χ1) is 8.81. The number of likely N-dealkylation sites (N-methyl/N-ethyl adjacent to an activating group) is 1. The minimum Gasteiger partial charge on any atom is -0.346 e. The van der Waals surface area contributed by atoms with E-state index in [4.69, 9.17) is 0 Å². The molecule has 0 aromatic carbocycles. The van der Waals surface area contributed by atoms with Crippen molar-refractivity contribution in [1.29, 1.82) is 0 Å². The average molecular weight is 248 g/mol. The summed E-state index contributed by atoms with van der Waals surface area (Å²) in [5.41, 5.74) is 1.35. The second kappa shape index (κ2) is 5.41. The number of hydrogen-bond donors (Lipinski definition) is 2. The summed E-state index contributed by atoms with van der Waals surface area (Å²) in [7, 11) is 2.20. The summed E-state index contributed by atoms with van der Waals surface area (Å²) in [6.45, 7) is 4.73. The van der Waals surface area contributed by atoms with Crippen LogP contribution in [0.3, 0.4) is 0 Å². The molecule has 2 aliphatic rings. The molecule has 0 radical (unpaired) electrons. The zero-order valence-electron chi connectivity index (χ0n) is 11.3. The third kappa shape index (κ3) is 2.75. The van der Waals surface area contributed by atoms with Crippen LogP contribution >= 0.6 is 0 Å². The maximum Gasteiger partial charge on any atom is 0.106 e. The first kappa shape index (κ1) is 12.2. The monoisotopic (exact) mass is 248 g/mol. The molecule has 2 N–H and O–H groups in total. The van der Waals surface area contributed by atoms with E-state index < -0.39 is 0 Å². The van der Waals surface area contributed by atoms with Crippen molar-refractivity contribution in [3.05, 3.63) is 17.7 Å². The number of rotatable bonds is 3. The number of H-pyrrole nitrogens is 1. The molecule has 2 atom stereocenters. The first-order valence-corrected chi connectivity index (χ1v) is 7.24. The van der Waals surface area contributed by atoms with Gasteiger partial charge in [0.1, 0.15) is 5.82 Å². The molecular weight excluding hydrogens is 224 g/mol. The van der Waals surface area contributed by atoms with E-state index in [1.54, 1.807) is 0 Å². The summed E-state index contributed by atoms with van der Waals surface area (Å²) in [4.78, 5) is 10.5. The molecule has 4 nitrogen and oxygen atoms in total. The molecule has 2 aliphatic heterocycles. The van der Waals surface area contributed by atoms with E-state index in [2.05, 4.69) is 33.4 Å². The van der Waals surface area contributed by atoms with Crippen LogP contribution in [0.4, 0.5) is 0 Å². The van der Waals surface area contributed by atoms with Crippen molar-refractivity contribution < 1.29 is 0 Å². The first-order valence-electron chi connectivity index (χ1n) is 7.24. The summed E-state index contributed by atoms with van der Waals surface area (Å²) in [5.74, 6) is 2.62. The van der Waals surface area contributed by atoms with E-state index in [1.807, 2.05) is 0 Å². The van der Waals surface area contributed by atoms with Gasteiger partial charge < -0.3 is 15.2 Å². The Hall–Kier alpha value is -0.870. The van der Waals surface area contributed by atoms with Gasteiger partial charge in [0.05, 0.1) is 0 Å². The SMILES string of the molecule is CN1CCC(c2cnc(CC3CCCNC3)[nH]2)C1. The lowest BCUT2D eigenvalue weighted by molar-refractivity contribution is 0.371. The molecule has 0 aliphatic carbocycles. The molecule has 2 unspecified atom stereocenters. The lowest BCUT2D eigenvalue weighted by Gasteiger charge is -2.21. The largest absolute Gasteiger partial charge is 0.346 e. The van der Waals surface area contributed by atoms with Gasteiger partial charge in [-0.2, -0.15) is 0 Å². The van der Waals surface area contributed by atoms with E-state index in [1.165, 1.54) is 50.4 Å². The molecule has 0 saturated carbocycles. The van der Waals surface area contributed by atoms with Gasteiger partial charge in [-0.25, -0.2) is 4.98 Å². The molecule has 18 heavy (non-hydrogen) atoms. The summed E-state index contributed by atoms with van der Waals surface area (Å²) < 4.78 is 0. The number of likely N-dealkylation sites (tertiary alicyclic amines) is 1. The predicted molar refractivity (Wildman–Crippen MR) is 72.7 cm³/mol. The van der Waals surface area contributed by atoms with Crippen LogP contribution in [0.2, 0.25) is 0 Å². The van der Waals surface area contributed by atoms with Crippen molar-refractivity contribution in [3.8, 4) is 0 Å². The van der Waals surface area contributed by atoms with Gasteiger partial charge in [0, 0.05) is 30.8 Å². The molecule has 1 aromatic rings. The van der Waals surface area contributed by atoms with Crippen molar-refractivity contribution in [2.24, 2.45) is 5.92 Å². The molecule has 1 aromatic heterocycles. The molecule has 3 heterocycles. The summed E-state index contributed by atoms with van der Waals surface area (Å²) >= 11 is 0. The lowest BCUT2D eigenvalue weighted by Crippen LogP contribution is -2.31.